The predicted molar refractivity (Wildman–Crippen MR) is 77.2 cm³/mol. The molecule has 0 bridgehead atoms. The number of carbonyl (C=O) groups is 1. The highest BCUT2D eigenvalue weighted by atomic mass is 16.1. The summed E-state index contributed by atoms with van der Waals surface area (Å²) in [6, 6.07) is 18.9. The Bertz CT molecular complexity index is 549. The van der Waals surface area contributed by atoms with E-state index in [-0.39, 0.29) is 0 Å². The number of aliphatic imine (C=N–C) groups is 1. The first-order valence-corrected chi connectivity index (χ1v) is 6.17. The van der Waals surface area contributed by atoms with Crippen molar-refractivity contribution in [2.75, 3.05) is 0 Å². The molecular formula is C16H16N2O. The van der Waals surface area contributed by atoms with Crippen LogP contribution in [0.4, 0.5) is 0 Å². The lowest BCUT2D eigenvalue weighted by molar-refractivity contribution is -0.119. The van der Waals surface area contributed by atoms with Gasteiger partial charge in [0.25, 0.3) is 0 Å². The maximum Gasteiger partial charge on any atom is 0.242 e. The van der Waals surface area contributed by atoms with Gasteiger partial charge < -0.3 is 5.73 Å². The second-order valence-corrected chi connectivity index (χ2v) is 4.30. The van der Waals surface area contributed by atoms with Crippen LogP contribution in [0.1, 0.15) is 11.1 Å². The van der Waals surface area contributed by atoms with Crippen LogP contribution < -0.4 is 5.73 Å². The van der Waals surface area contributed by atoms with Crippen LogP contribution in [0.5, 0.6) is 0 Å². The lowest BCUT2D eigenvalue weighted by atomic mass is 10.1. The highest BCUT2D eigenvalue weighted by molar-refractivity contribution is 5.85. The molecule has 0 spiro atoms. The SMILES string of the molecule is NC(=O)[C@@H](Cc1ccccc1)/N=C\c1ccccc1. The first kappa shape index (κ1) is 13.0. The highest BCUT2D eigenvalue weighted by Crippen LogP contribution is 2.06. The van der Waals surface area contributed by atoms with Crippen LogP contribution in [-0.2, 0) is 11.2 Å². The van der Waals surface area contributed by atoms with Crippen molar-refractivity contribution in [2.45, 2.75) is 12.5 Å². The molecule has 3 nitrogen and oxygen atoms in total. The Balaban J connectivity index is 2.09. The standard InChI is InChI=1S/C16H16N2O/c17-16(19)15(11-13-7-3-1-4-8-13)18-12-14-9-5-2-6-10-14/h1-10,12,15H,11H2,(H2,17,19)/b18-12-/t15-/m1/s1. The molecule has 0 saturated heterocycles. The van der Waals surface area contributed by atoms with Gasteiger partial charge in [0, 0.05) is 12.6 Å². The van der Waals surface area contributed by atoms with Gasteiger partial charge in [-0.15, -0.1) is 0 Å². The summed E-state index contributed by atoms with van der Waals surface area (Å²) < 4.78 is 0. The molecule has 1 amide bonds. The van der Waals surface area contributed by atoms with Gasteiger partial charge in [0.15, 0.2) is 0 Å². The van der Waals surface area contributed by atoms with Crippen LogP contribution in [0.2, 0.25) is 0 Å². The van der Waals surface area contributed by atoms with Crippen molar-refractivity contribution in [1.82, 2.24) is 0 Å². The number of nitrogens with zero attached hydrogens (tertiary/aromatic N) is 1. The van der Waals surface area contributed by atoms with Gasteiger partial charge in [-0.3, -0.25) is 9.79 Å². The number of hydrogen-bond acceptors (Lipinski definition) is 2. The van der Waals surface area contributed by atoms with E-state index in [1.54, 1.807) is 6.21 Å². The second kappa shape index (κ2) is 6.50. The van der Waals surface area contributed by atoms with Crippen molar-refractivity contribution in [3.8, 4) is 0 Å². The molecule has 0 aliphatic rings. The summed E-state index contributed by atoms with van der Waals surface area (Å²) in [7, 11) is 0. The van der Waals surface area contributed by atoms with Crippen LogP contribution >= 0.6 is 0 Å². The van der Waals surface area contributed by atoms with Crippen molar-refractivity contribution in [3.05, 3.63) is 71.8 Å². The van der Waals surface area contributed by atoms with Gasteiger partial charge in [0.1, 0.15) is 6.04 Å². The third kappa shape index (κ3) is 4.07. The second-order valence-electron chi connectivity index (χ2n) is 4.30. The molecule has 2 N–H and O–H groups in total. The molecule has 0 aliphatic carbocycles. The van der Waals surface area contributed by atoms with Gasteiger partial charge in [-0.25, -0.2) is 0 Å². The predicted octanol–water partition coefficient (Wildman–Crippen LogP) is 2.20. The number of rotatable bonds is 5. The van der Waals surface area contributed by atoms with Crippen LogP contribution in [0, 0.1) is 0 Å². The topological polar surface area (TPSA) is 55.5 Å². The van der Waals surface area contributed by atoms with E-state index in [1.165, 1.54) is 0 Å². The van der Waals surface area contributed by atoms with E-state index in [1.807, 2.05) is 60.7 Å². The first-order chi connectivity index (χ1) is 9.25. The van der Waals surface area contributed by atoms with E-state index < -0.39 is 11.9 Å². The van der Waals surface area contributed by atoms with Gasteiger partial charge in [-0.2, -0.15) is 0 Å². The van der Waals surface area contributed by atoms with Gasteiger partial charge in [-0.05, 0) is 11.1 Å². The van der Waals surface area contributed by atoms with Crippen LogP contribution in [-0.4, -0.2) is 18.2 Å². The fourth-order valence-electron chi connectivity index (χ4n) is 1.78. The Labute approximate surface area is 112 Å². The van der Waals surface area contributed by atoms with E-state index in [2.05, 4.69) is 4.99 Å². The number of benzene rings is 2. The van der Waals surface area contributed by atoms with Crippen molar-refractivity contribution < 1.29 is 4.79 Å². The molecule has 1 atom stereocenters. The third-order valence-electron chi connectivity index (χ3n) is 2.80. The van der Waals surface area contributed by atoms with E-state index >= 15 is 0 Å². The molecule has 3 heteroatoms. The third-order valence-corrected chi connectivity index (χ3v) is 2.80. The Kier molecular flexibility index (Phi) is 4.45. The molecule has 0 radical (unpaired) electrons. The monoisotopic (exact) mass is 252 g/mol. The lowest BCUT2D eigenvalue weighted by Gasteiger charge is -2.08. The van der Waals surface area contributed by atoms with Crippen molar-refractivity contribution in [3.63, 3.8) is 0 Å². The fraction of sp³-hybridized carbons (Fsp3) is 0.125. The number of amides is 1. The van der Waals surface area contributed by atoms with E-state index in [4.69, 9.17) is 5.73 Å². The Morgan fingerprint density at radius 1 is 1.05 bits per heavy atom. The van der Waals surface area contributed by atoms with Gasteiger partial charge in [-0.1, -0.05) is 60.7 Å². The Morgan fingerprint density at radius 3 is 2.21 bits per heavy atom. The number of carbonyl (C=O) groups excluding carboxylic acids is 1. The van der Waals surface area contributed by atoms with Crippen LogP contribution in [0.3, 0.4) is 0 Å². The summed E-state index contributed by atoms with van der Waals surface area (Å²) in [5.41, 5.74) is 7.41. The molecule has 2 rings (SSSR count). The largest absolute Gasteiger partial charge is 0.368 e. The summed E-state index contributed by atoms with van der Waals surface area (Å²) in [5, 5.41) is 0. The van der Waals surface area contributed by atoms with E-state index in [0.717, 1.165) is 11.1 Å². The molecular weight excluding hydrogens is 236 g/mol. The molecule has 0 aromatic heterocycles. The average Bonchev–Trinajstić information content (AvgIpc) is 2.45. The molecule has 2 aromatic rings. The van der Waals surface area contributed by atoms with Gasteiger partial charge in [0.2, 0.25) is 5.91 Å². The quantitative estimate of drug-likeness (QED) is 0.815. The summed E-state index contributed by atoms with van der Waals surface area (Å²) in [4.78, 5) is 15.7. The van der Waals surface area contributed by atoms with Gasteiger partial charge >= 0.3 is 0 Å². The Hall–Kier alpha value is -2.42. The minimum Gasteiger partial charge on any atom is -0.368 e. The zero-order valence-electron chi connectivity index (χ0n) is 10.6. The summed E-state index contributed by atoms with van der Waals surface area (Å²) >= 11 is 0. The summed E-state index contributed by atoms with van der Waals surface area (Å²) in [6.45, 7) is 0. The molecule has 2 aromatic carbocycles. The summed E-state index contributed by atoms with van der Waals surface area (Å²) in [6.07, 6.45) is 2.22. The van der Waals surface area contributed by atoms with Crippen LogP contribution in [0.25, 0.3) is 0 Å². The molecule has 0 saturated carbocycles. The maximum atomic E-state index is 11.4. The van der Waals surface area contributed by atoms with E-state index in [9.17, 15) is 4.79 Å². The molecule has 96 valence electrons. The number of primary amides is 1. The molecule has 0 heterocycles. The fourth-order valence-corrected chi connectivity index (χ4v) is 1.78. The van der Waals surface area contributed by atoms with Crippen LogP contribution in [0.15, 0.2) is 65.7 Å². The van der Waals surface area contributed by atoms with E-state index in [0.29, 0.717) is 6.42 Å². The average molecular weight is 252 g/mol. The van der Waals surface area contributed by atoms with Crippen molar-refractivity contribution >= 4 is 12.1 Å². The molecule has 19 heavy (non-hydrogen) atoms. The van der Waals surface area contributed by atoms with Crippen molar-refractivity contribution in [2.24, 2.45) is 10.7 Å². The molecule has 0 fully saturated rings. The zero-order chi connectivity index (χ0) is 13.5. The smallest absolute Gasteiger partial charge is 0.242 e. The minimum absolute atomic E-state index is 0.406. The van der Waals surface area contributed by atoms with Crippen molar-refractivity contribution in [1.29, 1.82) is 0 Å². The highest BCUT2D eigenvalue weighted by Gasteiger charge is 2.13. The minimum atomic E-state index is -0.525. The first-order valence-electron chi connectivity index (χ1n) is 6.17. The Morgan fingerprint density at radius 2 is 1.63 bits per heavy atom. The number of nitrogens with two attached hydrogens (primary N) is 1. The normalized spacial score (nSPS) is 12.4. The molecule has 0 aliphatic heterocycles. The summed E-state index contributed by atoms with van der Waals surface area (Å²) in [5.74, 6) is -0.406. The number of hydrogen-bond donors (Lipinski definition) is 1. The lowest BCUT2D eigenvalue weighted by Crippen LogP contribution is -2.29. The zero-order valence-corrected chi connectivity index (χ0v) is 10.6. The maximum absolute atomic E-state index is 11.4. The van der Waals surface area contributed by atoms with Gasteiger partial charge in [0.05, 0.1) is 0 Å². The molecule has 0 unspecified atom stereocenters.